The van der Waals surface area contributed by atoms with Crippen LogP contribution in [0.25, 0.3) is 11.4 Å². The number of nitrogens with zero attached hydrogens (tertiary/aromatic N) is 3. The number of hydrogen-bond acceptors (Lipinski definition) is 4. The molecule has 0 N–H and O–H groups in total. The van der Waals surface area contributed by atoms with Gasteiger partial charge in [0.25, 0.3) is 0 Å². The Balaban J connectivity index is 1.58. The van der Waals surface area contributed by atoms with E-state index in [2.05, 4.69) is 10.1 Å². The summed E-state index contributed by atoms with van der Waals surface area (Å²) in [4.78, 5) is 18.3. The molecule has 2 aromatic carbocycles. The molecule has 1 amide bonds. The Morgan fingerprint density at radius 3 is 2.73 bits per heavy atom. The number of hydrogen-bond donors (Lipinski definition) is 0. The molecule has 132 valence electrons. The molecule has 1 aromatic heterocycles. The van der Waals surface area contributed by atoms with Crippen LogP contribution in [0.15, 0.2) is 47.0 Å². The van der Waals surface area contributed by atoms with Crippen LogP contribution in [-0.4, -0.2) is 22.6 Å². The Bertz CT molecular complexity index is 986. The highest BCUT2D eigenvalue weighted by Crippen LogP contribution is 2.33. The van der Waals surface area contributed by atoms with Crippen molar-refractivity contribution in [1.29, 1.82) is 0 Å². The number of aryl methyl sites for hydroxylation is 1. The quantitative estimate of drug-likeness (QED) is 0.716. The summed E-state index contributed by atoms with van der Waals surface area (Å²) in [5.74, 6) is -0.464. The van der Waals surface area contributed by atoms with Crippen LogP contribution in [-0.2, 0) is 4.79 Å². The third kappa shape index (κ3) is 2.96. The third-order valence-electron chi connectivity index (χ3n) is 4.45. The molecule has 0 aliphatic carbocycles. The molecule has 2 heterocycles. The second-order valence-corrected chi connectivity index (χ2v) is 6.30. The zero-order chi connectivity index (χ0) is 18.3. The molecule has 0 radical (unpaired) electrons. The number of benzene rings is 2. The van der Waals surface area contributed by atoms with Gasteiger partial charge in [0.1, 0.15) is 11.6 Å². The summed E-state index contributed by atoms with van der Waals surface area (Å²) in [5.41, 5.74) is 1.87. The van der Waals surface area contributed by atoms with Crippen molar-refractivity contribution >= 4 is 11.6 Å². The molecule has 0 saturated carbocycles. The van der Waals surface area contributed by atoms with E-state index < -0.39 is 0 Å². The van der Waals surface area contributed by atoms with Crippen LogP contribution in [0.5, 0.6) is 0 Å². The molecule has 7 heteroatoms. The van der Waals surface area contributed by atoms with E-state index in [0.29, 0.717) is 29.2 Å². The summed E-state index contributed by atoms with van der Waals surface area (Å²) >= 11 is 0. The van der Waals surface area contributed by atoms with Gasteiger partial charge in [0.2, 0.25) is 17.6 Å². The Labute approximate surface area is 148 Å². The number of aromatic nitrogens is 2. The van der Waals surface area contributed by atoms with Crippen molar-refractivity contribution < 1.29 is 18.1 Å². The van der Waals surface area contributed by atoms with Crippen molar-refractivity contribution in [2.75, 3.05) is 11.4 Å². The van der Waals surface area contributed by atoms with Crippen molar-refractivity contribution in [3.63, 3.8) is 0 Å². The Kier molecular flexibility index (Phi) is 3.99. The van der Waals surface area contributed by atoms with E-state index in [1.54, 1.807) is 30.0 Å². The summed E-state index contributed by atoms with van der Waals surface area (Å²) in [6, 6.07) is 10.2. The molecule has 1 unspecified atom stereocenters. The fraction of sp³-hybridized carbons (Fsp3) is 0.211. The van der Waals surface area contributed by atoms with Gasteiger partial charge in [-0.2, -0.15) is 4.98 Å². The van der Waals surface area contributed by atoms with Gasteiger partial charge in [-0.1, -0.05) is 17.3 Å². The van der Waals surface area contributed by atoms with E-state index in [-0.39, 0.29) is 35.7 Å². The van der Waals surface area contributed by atoms with Gasteiger partial charge in [-0.25, -0.2) is 8.78 Å². The average molecular weight is 355 g/mol. The number of amides is 1. The van der Waals surface area contributed by atoms with Gasteiger partial charge in [-0.3, -0.25) is 4.79 Å². The summed E-state index contributed by atoms with van der Waals surface area (Å²) in [5, 5.41) is 3.89. The Morgan fingerprint density at radius 2 is 1.96 bits per heavy atom. The fourth-order valence-corrected chi connectivity index (χ4v) is 3.17. The van der Waals surface area contributed by atoms with Gasteiger partial charge in [0.05, 0.1) is 5.92 Å². The predicted molar refractivity (Wildman–Crippen MR) is 90.5 cm³/mol. The molecular weight excluding hydrogens is 340 g/mol. The fourth-order valence-electron chi connectivity index (χ4n) is 3.17. The normalized spacial score (nSPS) is 17.1. The monoisotopic (exact) mass is 355 g/mol. The number of carbonyl (C=O) groups excluding carboxylic acids is 1. The minimum atomic E-state index is -0.386. The molecule has 1 fully saturated rings. The van der Waals surface area contributed by atoms with Gasteiger partial charge in [0.15, 0.2) is 0 Å². The lowest BCUT2D eigenvalue weighted by Crippen LogP contribution is -2.25. The minimum Gasteiger partial charge on any atom is -0.339 e. The zero-order valence-electron chi connectivity index (χ0n) is 13.9. The first-order valence-electron chi connectivity index (χ1n) is 8.17. The molecule has 5 nitrogen and oxygen atoms in total. The van der Waals surface area contributed by atoms with Crippen LogP contribution >= 0.6 is 0 Å². The maximum absolute atomic E-state index is 13.4. The van der Waals surface area contributed by atoms with Gasteiger partial charge >= 0.3 is 0 Å². The third-order valence-corrected chi connectivity index (χ3v) is 4.45. The van der Waals surface area contributed by atoms with Gasteiger partial charge in [-0.15, -0.1) is 0 Å². The van der Waals surface area contributed by atoms with Crippen LogP contribution in [0, 0.1) is 18.6 Å². The van der Waals surface area contributed by atoms with E-state index in [0.717, 1.165) is 0 Å². The molecular formula is C19H15F2N3O2. The lowest BCUT2D eigenvalue weighted by molar-refractivity contribution is -0.117. The van der Waals surface area contributed by atoms with Crippen LogP contribution < -0.4 is 4.90 Å². The first-order chi connectivity index (χ1) is 12.5. The molecule has 4 rings (SSSR count). The second kappa shape index (κ2) is 6.33. The standard InChI is InChI=1S/C19H15F2N3O2/c1-11-7-15(21)5-6-16(11)24-10-13(9-17(24)25)19-22-18(23-26-19)12-3-2-4-14(20)8-12/h2-8,13H,9-10H2,1H3. The molecule has 3 aromatic rings. The summed E-state index contributed by atoms with van der Waals surface area (Å²) < 4.78 is 32.0. The van der Waals surface area contributed by atoms with E-state index in [1.165, 1.54) is 24.3 Å². The van der Waals surface area contributed by atoms with E-state index in [1.807, 2.05) is 0 Å². The van der Waals surface area contributed by atoms with E-state index >= 15 is 0 Å². The first-order valence-corrected chi connectivity index (χ1v) is 8.17. The number of rotatable bonds is 3. The highest BCUT2D eigenvalue weighted by molar-refractivity contribution is 5.97. The smallest absolute Gasteiger partial charge is 0.232 e. The molecule has 1 atom stereocenters. The van der Waals surface area contributed by atoms with Crippen LogP contribution in [0.1, 0.15) is 23.8 Å². The number of carbonyl (C=O) groups is 1. The van der Waals surface area contributed by atoms with Crippen LogP contribution in [0.4, 0.5) is 14.5 Å². The van der Waals surface area contributed by atoms with Crippen molar-refractivity contribution in [3.8, 4) is 11.4 Å². The minimum absolute atomic E-state index is 0.0878. The van der Waals surface area contributed by atoms with Gasteiger partial charge in [0, 0.05) is 24.2 Å². The second-order valence-electron chi connectivity index (χ2n) is 6.30. The lowest BCUT2D eigenvalue weighted by Gasteiger charge is -2.18. The van der Waals surface area contributed by atoms with Crippen molar-refractivity contribution in [2.24, 2.45) is 0 Å². The van der Waals surface area contributed by atoms with E-state index in [9.17, 15) is 13.6 Å². The average Bonchev–Trinajstić information content (AvgIpc) is 3.22. The molecule has 26 heavy (non-hydrogen) atoms. The highest BCUT2D eigenvalue weighted by atomic mass is 19.1. The largest absolute Gasteiger partial charge is 0.339 e. The van der Waals surface area contributed by atoms with Crippen molar-refractivity contribution in [1.82, 2.24) is 10.1 Å². The number of anilines is 1. The Morgan fingerprint density at radius 1 is 1.15 bits per heavy atom. The topological polar surface area (TPSA) is 59.2 Å². The van der Waals surface area contributed by atoms with Gasteiger partial charge < -0.3 is 9.42 Å². The maximum Gasteiger partial charge on any atom is 0.232 e. The molecule has 1 saturated heterocycles. The predicted octanol–water partition coefficient (Wildman–Crippen LogP) is 3.84. The molecule has 0 bridgehead atoms. The summed E-state index contributed by atoms with van der Waals surface area (Å²) in [6.07, 6.45) is 0.224. The van der Waals surface area contributed by atoms with E-state index in [4.69, 9.17) is 4.52 Å². The van der Waals surface area contributed by atoms with Crippen LogP contribution in [0.3, 0.4) is 0 Å². The SMILES string of the molecule is Cc1cc(F)ccc1N1CC(c2nc(-c3cccc(F)c3)no2)CC1=O. The lowest BCUT2D eigenvalue weighted by atomic mass is 10.1. The zero-order valence-corrected chi connectivity index (χ0v) is 13.9. The summed E-state index contributed by atoms with van der Waals surface area (Å²) in [6.45, 7) is 2.13. The molecule has 0 spiro atoms. The maximum atomic E-state index is 13.4. The first kappa shape index (κ1) is 16.4. The molecule has 1 aliphatic rings. The Hall–Kier alpha value is -3.09. The number of halogens is 2. The summed E-state index contributed by atoms with van der Waals surface area (Å²) in [7, 11) is 0. The van der Waals surface area contributed by atoms with Crippen molar-refractivity contribution in [3.05, 3.63) is 65.6 Å². The van der Waals surface area contributed by atoms with Crippen molar-refractivity contribution in [2.45, 2.75) is 19.3 Å². The highest BCUT2D eigenvalue weighted by Gasteiger charge is 2.35. The molecule has 1 aliphatic heterocycles. The van der Waals surface area contributed by atoms with Gasteiger partial charge in [-0.05, 0) is 42.8 Å². The van der Waals surface area contributed by atoms with Crippen LogP contribution in [0.2, 0.25) is 0 Å².